The second kappa shape index (κ2) is 9.27. The molecule has 2 saturated carbocycles. The van der Waals surface area contributed by atoms with Crippen molar-refractivity contribution in [2.45, 2.75) is 67.9 Å². The largest absolute Gasteiger partial charge is 0.376 e. The molecule has 12 heteroatoms. The molecule has 3 heterocycles. The molecule has 2 N–H and O–H groups in total. The fourth-order valence-corrected chi connectivity index (χ4v) is 7.93. The average Bonchev–Trinajstić information content (AvgIpc) is 3.17. The Morgan fingerprint density at radius 2 is 2.00 bits per heavy atom. The van der Waals surface area contributed by atoms with Crippen LogP contribution in [0.15, 0.2) is 0 Å². The second-order valence-electron chi connectivity index (χ2n) is 10.8. The number of halogens is 1. The van der Waals surface area contributed by atoms with Gasteiger partial charge in [0.05, 0.1) is 22.8 Å². The van der Waals surface area contributed by atoms with E-state index in [1.54, 1.807) is 4.90 Å². The number of hydrazine groups is 1. The second-order valence-corrected chi connectivity index (χ2v) is 12.8. The Kier molecular flexibility index (Phi) is 6.64. The molecule has 5 aliphatic rings. The van der Waals surface area contributed by atoms with Crippen LogP contribution in [0.25, 0.3) is 0 Å². The summed E-state index contributed by atoms with van der Waals surface area (Å²) in [7, 11) is -1.85. The number of carbonyl (C=O) groups is 2. The molecular weight excluding hydrogens is 465 g/mol. The van der Waals surface area contributed by atoms with Gasteiger partial charge in [0, 0.05) is 51.8 Å². The Balaban J connectivity index is 1.35. The molecule has 0 radical (unpaired) electrons. The number of imide groups is 1. The van der Waals surface area contributed by atoms with Crippen molar-refractivity contribution in [3.63, 3.8) is 0 Å². The van der Waals surface area contributed by atoms with Crippen LogP contribution in [0.1, 0.15) is 44.9 Å². The van der Waals surface area contributed by atoms with Gasteiger partial charge in [0.2, 0.25) is 15.9 Å². The molecule has 3 aliphatic heterocycles. The number of carbonyl (C=O) groups excluding carboxylic acids is 2. The van der Waals surface area contributed by atoms with Gasteiger partial charge >= 0.3 is 6.03 Å². The van der Waals surface area contributed by atoms with Crippen molar-refractivity contribution >= 4 is 22.0 Å². The van der Waals surface area contributed by atoms with Gasteiger partial charge in [0.15, 0.2) is 0 Å². The number of hydrogen-bond acceptors (Lipinski definition) is 7. The summed E-state index contributed by atoms with van der Waals surface area (Å²) in [4.78, 5) is 30.2. The molecule has 5 unspecified atom stereocenters. The van der Waals surface area contributed by atoms with E-state index in [4.69, 9.17) is 4.74 Å². The first-order chi connectivity index (χ1) is 16.2. The lowest BCUT2D eigenvalue weighted by atomic mass is 9.80. The lowest BCUT2D eigenvalue weighted by Gasteiger charge is -2.49. The number of nitrogens with one attached hydrogen (secondary N) is 2. The monoisotopic (exact) mass is 501 g/mol. The van der Waals surface area contributed by atoms with E-state index in [0.717, 1.165) is 19.4 Å². The highest BCUT2D eigenvalue weighted by atomic mass is 32.2. The zero-order chi connectivity index (χ0) is 24.1. The van der Waals surface area contributed by atoms with Crippen molar-refractivity contribution in [3.05, 3.63) is 0 Å². The third kappa shape index (κ3) is 4.71. The summed E-state index contributed by atoms with van der Waals surface area (Å²) < 4.78 is 47.9. The van der Waals surface area contributed by atoms with E-state index < -0.39 is 33.4 Å². The standard InChI is InChI=1S/C22H36FN5O5S/c1-26-11-15(10-24-26)12-28-20(29)18-9-17(34(31,32)25-22(14-23)6-7-22)4-5-19(18)27(21(28)30)13-16-3-2-8-33-16/h15-19,24-25H,2-14H2,1H3. The molecule has 34 heavy (non-hydrogen) atoms. The van der Waals surface area contributed by atoms with Crippen molar-refractivity contribution in [2.75, 3.05) is 46.5 Å². The highest BCUT2D eigenvalue weighted by Gasteiger charge is 2.53. The van der Waals surface area contributed by atoms with Crippen molar-refractivity contribution in [1.82, 2.24) is 25.0 Å². The number of sulfonamides is 1. The normalized spacial score (nSPS) is 36.2. The quantitative estimate of drug-likeness (QED) is 0.497. The highest BCUT2D eigenvalue weighted by Crippen LogP contribution is 2.41. The van der Waals surface area contributed by atoms with E-state index in [2.05, 4.69) is 10.1 Å². The maximum Gasteiger partial charge on any atom is 0.327 e. The van der Waals surface area contributed by atoms with Crippen molar-refractivity contribution in [1.29, 1.82) is 0 Å². The van der Waals surface area contributed by atoms with E-state index >= 15 is 0 Å². The van der Waals surface area contributed by atoms with Crippen LogP contribution in [0.3, 0.4) is 0 Å². The summed E-state index contributed by atoms with van der Waals surface area (Å²) in [5.74, 6) is -0.746. The van der Waals surface area contributed by atoms with Gasteiger partial charge in [-0.15, -0.1) is 0 Å². The van der Waals surface area contributed by atoms with Crippen LogP contribution >= 0.6 is 0 Å². The molecule has 0 aromatic heterocycles. The maximum atomic E-state index is 13.6. The fraction of sp³-hybridized carbons (Fsp3) is 0.909. The number of alkyl halides is 1. The molecule has 3 saturated heterocycles. The van der Waals surface area contributed by atoms with Crippen LogP contribution in [0, 0.1) is 11.8 Å². The third-order valence-electron chi connectivity index (χ3n) is 8.18. The number of fused-ring (bicyclic) bond motifs is 1. The Bertz CT molecular complexity index is 909. The minimum atomic E-state index is -3.77. The molecule has 0 aromatic carbocycles. The molecule has 2 aliphatic carbocycles. The lowest BCUT2D eigenvalue weighted by Crippen LogP contribution is -2.65. The molecule has 192 valence electrons. The number of ether oxygens (including phenoxy) is 1. The van der Waals surface area contributed by atoms with E-state index in [0.29, 0.717) is 51.9 Å². The molecule has 5 rings (SSSR count). The van der Waals surface area contributed by atoms with Crippen molar-refractivity contribution in [2.24, 2.45) is 11.8 Å². The van der Waals surface area contributed by atoms with Gasteiger partial charge in [-0.1, -0.05) is 0 Å². The van der Waals surface area contributed by atoms with Crippen molar-refractivity contribution < 1.29 is 27.1 Å². The minimum Gasteiger partial charge on any atom is -0.376 e. The SMILES string of the molecule is CN1CC(CN2C(=O)C3CC(S(=O)(=O)NC4(CF)CC4)CCC3N(CC3CCCO3)C2=O)CN1. The Labute approximate surface area is 200 Å². The highest BCUT2D eigenvalue weighted by molar-refractivity contribution is 7.90. The zero-order valence-electron chi connectivity index (χ0n) is 19.7. The molecular formula is C22H36FN5O5S. The fourth-order valence-electron chi connectivity index (χ4n) is 6.00. The minimum absolute atomic E-state index is 0.0543. The van der Waals surface area contributed by atoms with Gasteiger partial charge < -0.3 is 9.64 Å². The summed E-state index contributed by atoms with van der Waals surface area (Å²) in [6, 6.07) is -0.613. The van der Waals surface area contributed by atoms with E-state index in [1.807, 2.05) is 12.1 Å². The predicted molar refractivity (Wildman–Crippen MR) is 122 cm³/mol. The van der Waals surface area contributed by atoms with Gasteiger partial charge in [-0.3, -0.25) is 15.1 Å². The Morgan fingerprint density at radius 3 is 2.62 bits per heavy atom. The van der Waals surface area contributed by atoms with Gasteiger partial charge in [-0.2, -0.15) is 0 Å². The van der Waals surface area contributed by atoms with Gasteiger partial charge in [0.1, 0.15) is 6.67 Å². The topological polar surface area (TPSA) is 111 Å². The number of urea groups is 1. The summed E-state index contributed by atoms with van der Waals surface area (Å²) in [5, 5.41) is 1.19. The molecule has 5 fully saturated rings. The van der Waals surface area contributed by atoms with Crippen LogP contribution in [0.4, 0.5) is 9.18 Å². The zero-order valence-corrected chi connectivity index (χ0v) is 20.6. The average molecular weight is 502 g/mol. The van der Waals surface area contributed by atoms with Gasteiger partial charge in [-0.05, 0) is 44.9 Å². The van der Waals surface area contributed by atoms with Crippen LogP contribution in [0.5, 0.6) is 0 Å². The number of hydrogen-bond donors (Lipinski definition) is 2. The number of amides is 3. The summed E-state index contributed by atoms with van der Waals surface area (Å²) >= 11 is 0. The van der Waals surface area contributed by atoms with Gasteiger partial charge in [-0.25, -0.2) is 27.3 Å². The van der Waals surface area contributed by atoms with Crippen LogP contribution in [-0.4, -0.2) is 105 Å². The van der Waals surface area contributed by atoms with Gasteiger partial charge in [0.25, 0.3) is 0 Å². The maximum absolute atomic E-state index is 13.6. The predicted octanol–water partition coefficient (Wildman–Crippen LogP) is 0.455. The van der Waals surface area contributed by atoms with Crippen LogP contribution < -0.4 is 10.1 Å². The van der Waals surface area contributed by atoms with Crippen molar-refractivity contribution in [3.8, 4) is 0 Å². The first-order valence-corrected chi connectivity index (χ1v) is 14.0. The van der Waals surface area contributed by atoms with Crippen LogP contribution in [0.2, 0.25) is 0 Å². The van der Waals surface area contributed by atoms with E-state index in [9.17, 15) is 22.4 Å². The molecule has 10 nitrogen and oxygen atoms in total. The Morgan fingerprint density at radius 1 is 1.21 bits per heavy atom. The summed E-state index contributed by atoms with van der Waals surface area (Å²) in [5.41, 5.74) is 2.25. The molecule has 0 aromatic rings. The first kappa shape index (κ1) is 24.4. The number of rotatable bonds is 8. The lowest BCUT2D eigenvalue weighted by molar-refractivity contribution is -0.141. The Hall–Kier alpha value is -1.34. The third-order valence-corrected chi connectivity index (χ3v) is 10.2. The van der Waals surface area contributed by atoms with E-state index in [-0.39, 0.29) is 36.4 Å². The summed E-state index contributed by atoms with van der Waals surface area (Å²) in [6.45, 7) is 2.09. The summed E-state index contributed by atoms with van der Waals surface area (Å²) in [6.07, 6.45) is 3.70. The van der Waals surface area contributed by atoms with Crippen LogP contribution in [-0.2, 0) is 19.6 Å². The van der Waals surface area contributed by atoms with E-state index in [1.165, 1.54) is 4.90 Å². The smallest absolute Gasteiger partial charge is 0.327 e. The molecule has 0 bridgehead atoms. The molecule has 3 amide bonds. The number of nitrogens with zero attached hydrogens (tertiary/aromatic N) is 3. The first-order valence-electron chi connectivity index (χ1n) is 12.5. The molecule has 0 spiro atoms. The molecule has 5 atom stereocenters.